The average Bonchev–Trinajstić information content (AvgIpc) is 3.06. The standard InChI is InChI=1S/C17H21ClN6O2.ClH/c18-14-9-12(1-2-15(14)24(25)26)11-22-6-3-13(4-7-22)17-21-20-16-10-19-5-8-23(16)17;/h1-2,9,13,19H,3-8,10-11H2;1H. The molecule has 8 nitrogen and oxygen atoms in total. The lowest BCUT2D eigenvalue weighted by Crippen LogP contribution is -2.34. The van der Waals surface area contributed by atoms with Crippen molar-refractivity contribution in [2.24, 2.45) is 0 Å². The Morgan fingerprint density at radius 2 is 2.04 bits per heavy atom. The van der Waals surface area contributed by atoms with Crippen LogP contribution in [0.1, 0.15) is 36.0 Å². The Labute approximate surface area is 168 Å². The molecule has 4 rings (SSSR count). The smallest absolute Gasteiger partial charge is 0.287 e. The summed E-state index contributed by atoms with van der Waals surface area (Å²) < 4.78 is 2.27. The van der Waals surface area contributed by atoms with Gasteiger partial charge in [0, 0.05) is 31.6 Å². The number of nitrogens with one attached hydrogen (secondary N) is 1. The van der Waals surface area contributed by atoms with Gasteiger partial charge in [-0.2, -0.15) is 0 Å². The summed E-state index contributed by atoms with van der Waals surface area (Å²) in [6, 6.07) is 4.98. The number of nitrogens with zero attached hydrogens (tertiary/aromatic N) is 5. The van der Waals surface area contributed by atoms with Crippen LogP contribution in [0.4, 0.5) is 5.69 Å². The van der Waals surface area contributed by atoms with Crippen LogP contribution < -0.4 is 5.32 Å². The van der Waals surface area contributed by atoms with E-state index >= 15 is 0 Å². The van der Waals surface area contributed by atoms with E-state index in [1.807, 2.05) is 0 Å². The van der Waals surface area contributed by atoms with Crippen LogP contribution in [0.2, 0.25) is 5.02 Å². The van der Waals surface area contributed by atoms with E-state index in [1.54, 1.807) is 12.1 Å². The van der Waals surface area contributed by atoms with Crippen LogP contribution in [0.15, 0.2) is 18.2 Å². The Morgan fingerprint density at radius 1 is 1.26 bits per heavy atom. The summed E-state index contributed by atoms with van der Waals surface area (Å²) in [4.78, 5) is 12.8. The van der Waals surface area contributed by atoms with Gasteiger partial charge in [-0.1, -0.05) is 17.7 Å². The number of hydrogen-bond donors (Lipinski definition) is 1. The molecule has 1 aromatic carbocycles. The number of halogens is 2. The van der Waals surface area contributed by atoms with E-state index in [-0.39, 0.29) is 23.1 Å². The Bertz CT molecular complexity index is 820. The number of likely N-dealkylation sites (tertiary alicyclic amines) is 1. The predicted octanol–water partition coefficient (Wildman–Crippen LogP) is 2.74. The minimum absolute atomic E-state index is 0. The third-order valence-corrected chi connectivity index (χ3v) is 5.52. The van der Waals surface area contributed by atoms with Gasteiger partial charge >= 0.3 is 0 Å². The van der Waals surface area contributed by atoms with Gasteiger partial charge in [-0.25, -0.2) is 0 Å². The second-order valence-corrected chi connectivity index (χ2v) is 7.30. The highest BCUT2D eigenvalue weighted by Gasteiger charge is 2.27. The van der Waals surface area contributed by atoms with Crippen LogP contribution in [-0.2, 0) is 19.6 Å². The zero-order valence-electron chi connectivity index (χ0n) is 14.8. The Balaban J connectivity index is 0.00000210. The highest BCUT2D eigenvalue weighted by molar-refractivity contribution is 6.32. The van der Waals surface area contributed by atoms with Crippen LogP contribution in [0.25, 0.3) is 0 Å². The van der Waals surface area contributed by atoms with Crippen molar-refractivity contribution in [2.45, 2.75) is 38.4 Å². The maximum Gasteiger partial charge on any atom is 0.287 e. The summed E-state index contributed by atoms with van der Waals surface area (Å²) in [5.41, 5.74) is 0.963. The zero-order valence-corrected chi connectivity index (χ0v) is 16.4. The van der Waals surface area contributed by atoms with Gasteiger partial charge in [-0.05, 0) is 37.6 Å². The second-order valence-electron chi connectivity index (χ2n) is 6.90. The summed E-state index contributed by atoms with van der Waals surface area (Å²) in [6.45, 7) is 5.41. The molecule has 1 aromatic heterocycles. The molecule has 0 radical (unpaired) electrons. The molecule has 146 valence electrons. The first-order chi connectivity index (χ1) is 12.6. The third kappa shape index (κ3) is 4.24. The molecule has 1 fully saturated rings. The molecule has 0 amide bonds. The van der Waals surface area contributed by atoms with Crippen molar-refractivity contribution < 1.29 is 4.92 Å². The summed E-state index contributed by atoms with van der Waals surface area (Å²) in [7, 11) is 0. The molecule has 27 heavy (non-hydrogen) atoms. The van der Waals surface area contributed by atoms with Gasteiger partial charge in [0.25, 0.3) is 5.69 Å². The van der Waals surface area contributed by atoms with Gasteiger partial charge in [0.2, 0.25) is 0 Å². The Kier molecular flexibility index (Phi) is 6.31. The van der Waals surface area contributed by atoms with Crippen molar-refractivity contribution in [1.29, 1.82) is 0 Å². The SMILES string of the molecule is Cl.O=[N+]([O-])c1ccc(CN2CCC(c3nnc4n3CCNC4)CC2)cc1Cl. The molecule has 2 aliphatic rings. The van der Waals surface area contributed by atoms with Crippen LogP contribution in [0, 0.1) is 10.1 Å². The highest BCUT2D eigenvalue weighted by atomic mass is 35.5. The van der Waals surface area contributed by atoms with Gasteiger partial charge < -0.3 is 9.88 Å². The number of benzene rings is 1. The minimum atomic E-state index is -0.452. The third-order valence-electron chi connectivity index (χ3n) is 5.22. The molecule has 0 bridgehead atoms. The topological polar surface area (TPSA) is 89.1 Å². The normalized spacial score (nSPS) is 18.0. The van der Waals surface area contributed by atoms with Crippen molar-refractivity contribution in [3.8, 4) is 0 Å². The number of nitro benzene ring substituents is 1. The van der Waals surface area contributed by atoms with Crippen LogP contribution in [-0.4, -0.2) is 44.2 Å². The van der Waals surface area contributed by atoms with Crippen LogP contribution >= 0.6 is 24.0 Å². The quantitative estimate of drug-likeness (QED) is 0.613. The lowest BCUT2D eigenvalue weighted by Gasteiger charge is -2.32. The van der Waals surface area contributed by atoms with Crippen molar-refractivity contribution in [1.82, 2.24) is 25.0 Å². The monoisotopic (exact) mass is 412 g/mol. The molecule has 0 aliphatic carbocycles. The van der Waals surface area contributed by atoms with E-state index in [0.29, 0.717) is 5.92 Å². The fraction of sp³-hybridized carbons (Fsp3) is 0.529. The molecule has 0 spiro atoms. The summed E-state index contributed by atoms with van der Waals surface area (Å²) in [5, 5.41) is 23.1. The molecule has 2 aromatic rings. The van der Waals surface area contributed by atoms with Crippen molar-refractivity contribution in [3.05, 3.63) is 50.5 Å². The van der Waals surface area contributed by atoms with Crippen molar-refractivity contribution >= 4 is 29.7 Å². The van der Waals surface area contributed by atoms with E-state index in [9.17, 15) is 10.1 Å². The fourth-order valence-electron chi connectivity index (χ4n) is 3.82. The van der Waals surface area contributed by atoms with Crippen LogP contribution in [0.5, 0.6) is 0 Å². The van der Waals surface area contributed by atoms with Crippen molar-refractivity contribution in [3.63, 3.8) is 0 Å². The number of piperidine rings is 1. The van der Waals surface area contributed by atoms with Gasteiger partial charge in [-0.3, -0.25) is 15.0 Å². The number of hydrogen-bond acceptors (Lipinski definition) is 6. The average molecular weight is 413 g/mol. The van der Waals surface area contributed by atoms with Crippen molar-refractivity contribution in [2.75, 3.05) is 19.6 Å². The lowest BCUT2D eigenvalue weighted by molar-refractivity contribution is -0.384. The molecule has 3 heterocycles. The predicted molar refractivity (Wildman–Crippen MR) is 104 cm³/mol. The first-order valence-electron chi connectivity index (χ1n) is 8.89. The first-order valence-corrected chi connectivity index (χ1v) is 9.27. The maximum absolute atomic E-state index is 10.9. The van der Waals surface area contributed by atoms with Crippen LogP contribution in [0.3, 0.4) is 0 Å². The molecular formula is C17H22Cl2N6O2. The number of fused-ring (bicyclic) bond motifs is 1. The minimum Gasteiger partial charge on any atom is -0.312 e. The van der Waals surface area contributed by atoms with E-state index < -0.39 is 4.92 Å². The van der Waals surface area contributed by atoms with Gasteiger partial charge in [0.15, 0.2) is 0 Å². The van der Waals surface area contributed by atoms with E-state index in [1.165, 1.54) is 6.07 Å². The number of nitro groups is 1. The maximum atomic E-state index is 10.9. The molecule has 1 N–H and O–H groups in total. The Hall–Kier alpha value is -1.74. The highest BCUT2D eigenvalue weighted by Crippen LogP contribution is 2.30. The lowest BCUT2D eigenvalue weighted by atomic mass is 9.95. The molecule has 1 saturated heterocycles. The molecule has 2 aliphatic heterocycles. The summed E-state index contributed by atoms with van der Waals surface area (Å²) in [5.74, 6) is 2.61. The summed E-state index contributed by atoms with van der Waals surface area (Å²) >= 11 is 6.02. The molecule has 0 saturated carbocycles. The van der Waals surface area contributed by atoms with Gasteiger partial charge in [0.05, 0.1) is 11.5 Å². The number of rotatable bonds is 4. The first kappa shape index (κ1) is 20.0. The molecule has 0 atom stereocenters. The number of aromatic nitrogens is 3. The second kappa shape index (κ2) is 8.52. The zero-order chi connectivity index (χ0) is 18.1. The van der Waals surface area contributed by atoms with Gasteiger partial charge in [-0.15, -0.1) is 22.6 Å². The molecule has 0 unspecified atom stereocenters. The largest absolute Gasteiger partial charge is 0.312 e. The van der Waals surface area contributed by atoms with E-state index in [0.717, 1.165) is 69.3 Å². The Morgan fingerprint density at radius 3 is 2.74 bits per heavy atom. The molecule has 10 heteroatoms. The summed E-state index contributed by atoms with van der Waals surface area (Å²) in [6.07, 6.45) is 2.10. The van der Waals surface area contributed by atoms with E-state index in [4.69, 9.17) is 11.6 Å². The fourth-order valence-corrected chi connectivity index (χ4v) is 4.09. The van der Waals surface area contributed by atoms with Gasteiger partial charge in [0.1, 0.15) is 16.7 Å². The molecular weight excluding hydrogens is 391 g/mol. The van der Waals surface area contributed by atoms with E-state index in [2.05, 4.69) is 25.0 Å².